The van der Waals surface area contributed by atoms with Crippen molar-refractivity contribution < 1.29 is 0 Å². The minimum absolute atomic E-state index is 0.0500. The van der Waals surface area contributed by atoms with E-state index in [1.165, 1.54) is 0 Å². The molecule has 1 aliphatic heterocycles. The summed E-state index contributed by atoms with van der Waals surface area (Å²) in [5, 5.41) is 19.2. The lowest BCUT2D eigenvalue weighted by Gasteiger charge is -2.32. The van der Waals surface area contributed by atoms with E-state index in [4.69, 9.17) is 11.6 Å². The molecular formula is C26H30ClN9O. The van der Waals surface area contributed by atoms with Crippen LogP contribution in [0.4, 0.5) is 0 Å². The first kappa shape index (κ1) is 24.9. The molecule has 4 heterocycles. The van der Waals surface area contributed by atoms with E-state index in [0.29, 0.717) is 29.6 Å². The van der Waals surface area contributed by atoms with Crippen LogP contribution in [-0.4, -0.2) is 45.8 Å². The highest BCUT2D eigenvalue weighted by Gasteiger charge is 2.33. The third kappa shape index (κ3) is 4.69. The Kier molecular flexibility index (Phi) is 6.92. The molecular weight excluding hydrogens is 490 g/mol. The Morgan fingerprint density at radius 1 is 1.27 bits per heavy atom. The van der Waals surface area contributed by atoms with E-state index in [-0.39, 0.29) is 11.7 Å². The Morgan fingerprint density at radius 3 is 2.84 bits per heavy atom. The Morgan fingerprint density at radius 2 is 2.14 bits per heavy atom. The average molecular weight is 520 g/mol. The molecule has 11 heteroatoms. The van der Waals surface area contributed by atoms with Crippen LogP contribution in [0.5, 0.6) is 0 Å². The van der Waals surface area contributed by atoms with Crippen molar-refractivity contribution in [3.8, 4) is 17.2 Å². The standard InChI is InChI=1S/C26H30ClN9O/c1-4-5-9-21-16-34(24-22(27)15-29-36(24)18(2)3)25(37)35(21)17-26(10-12-28-13-11-26)20-8-6-7-19(14-20)23-30-32-33-31-23/h6-8,10,12-16,18H,4-5,9,11,17H2,1-3H3,(H,30,31,32,33). The van der Waals surface area contributed by atoms with E-state index in [1.54, 1.807) is 15.4 Å². The number of hydrogen-bond acceptors (Lipinski definition) is 6. The summed E-state index contributed by atoms with van der Waals surface area (Å²) in [6.07, 6.45) is 12.7. The van der Waals surface area contributed by atoms with Crippen molar-refractivity contribution in [1.29, 1.82) is 0 Å². The van der Waals surface area contributed by atoms with Crippen molar-refractivity contribution in [1.82, 2.24) is 39.5 Å². The number of imidazole rings is 1. The van der Waals surface area contributed by atoms with E-state index in [2.05, 4.69) is 55.8 Å². The molecule has 1 aromatic carbocycles. The third-order valence-electron chi connectivity index (χ3n) is 6.83. The van der Waals surface area contributed by atoms with Gasteiger partial charge in [0.25, 0.3) is 0 Å². The summed E-state index contributed by atoms with van der Waals surface area (Å²) in [7, 11) is 0. The molecule has 10 nitrogen and oxygen atoms in total. The van der Waals surface area contributed by atoms with Crippen molar-refractivity contribution in [3.05, 3.63) is 75.7 Å². The van der Waals surface area contributed by atoms with Crippen LogP contribution in [0.15, 0.2) is 58.7 Å². The van der Waals surface area contributed by atoms with Crippen molar-refractivity contribution in [2.24, 2.45) is 4.99 Å². The number of rotatable bonds is 9. The number of H-pyrrole nitrogens is 1. The molecule has 0 amide bonds. The first-order chi connectivity index (χ1) is 17.9. The van der Waals surface area contributed by atoms with Crippen LogP contribution in [0.2, 0.25) is 5.02 Å². The van der Waals surface area contributed by atoms with Crippen molar-refractivity contribution >= 4 is 17.8 Å². The first-order valence-corrected chi connectivity index (χ1v) is 12.9. The molecule has 1 atom stereocenters. The first-order valence-electron chi connectivity index (χ1n) is 12.5. The number of halogens is 1. The van der Waals surface area contributed by atoms with Crippen LogP contribution in [0.1, 0.15) is 57.3 Å². The fourth-order valence-corrected chi connectivity index (χ4v) is 5.06. The van der Waals surface area contributed by atoms with Gasteiger partial charge in [0.15, 0.2) is 11.6 Å². The minimum Gasteiger partial charge on any atom is -0.295 e. The number of aromatic nitrogens is 8. The highest BCUT2D eigenvalue weighted by molar-refractivity contribution is 6.32. The second-order valence-electron chi connectivity index (χ2n) is 9.66. The molecule has 1 N–H and O–H groups in total. The second kappa shape index (κ2) is 10.3. The van der Waals surface area contributed by atoms with Gasteiger partial charge >= 0.3 is 5.69 Å². The van der Waals surface area contributed by atoms with Gasteiger partial charge in [-0.05, 0) is 55.2 Å². The van der Waals surface area contributed by atoms with Crippen molar-refractivity contribution in [3.63, 3.8) is 0 Å². The molecule has 5 rings (SSSR count). The lowest BCUT2D eigenvalue weighted by atomic mass is 9.76. The quantitative estimate of drug-likeness (QED) is 0.349. The Bertz CT molecular complexity index is 1490. The SMILES string of the molecule is CCCCc1cn(-c2c(Cl)cnn2C(C)C)c(=O)n1CC1(c2cccc(-c3nnn[nH]3)c2)C=CN=CC1. The van der Waals surface area contributed by atoms with Crippen LogP contribution >= 0.6 is 11.6 Å². The molecule has 0 fully saturated rings. The van der Waals surface area contributed by atoms with Crippen LogP contribution in [0, 0.1) is 0 Å². The zero-order valence-electron chi connectivity index (χ0n) is 21.2. The summed E-state index contributed by atoms with van der Waals surface area (Å²) in [6, 6.07) is 8.15. The van der Waals surface area contributed by atoms with Gasteiger partial charge in [0.1, 0.15) is 5.02 Å². The molecule has 0 aliphatic carbocycles. The Balaban J connectivity index is 1.63. The van der Waals surface area contributed by atoms with Gasteiger partial charge < -0.3 is 0 Å². The summed E-state index contributed by atoms with van der Waals surface area (Å²) < 4.78 is 5.32. The zero-order chi connectivity index (χ0) is 26.0. The number of aliphatic imine (C=N–C) groups is 1. The van der Waals surface area contributed by atoms with E-state index in [1.807, 2.05) is 49.2 Å². The lowest BCUT2D eigenvalue weighted by Crippen LogP contribution is -2.37. The lowest BCUT2D eigenvalue weighted by molar-refractivity contribution is 0.437. The number of allylic oxidation sites excluding steroid dienone is 1. The van der Waals surface area contributed by atoms with Crippen LogP contribution < -0.4 is 5.69 Å². The Labute approximate surface area is 219 Å². The summed E-state index contributed by atoms with van der Waals surface area (Å²) in [5.74, 6) is 1.18. The summed E-state index contributed by atoms with van der Waals surface area (Å²) >= 11 is 6.54. The van der Waals surface area contributed by atoms with Gasteiger partial charge in [0.2, 0.25) is 0 Å². The van der Waals surface area contributed by atoms with E-state index >= 15 is 0 Å². The Hall–Kier alpha value is -3.79. The monoisotopic (exact) mass is 519 g/mol. The molecule has 4 aromatic rings. The molecule has 1 aliphatic rings. The zero-order valence-corrected chi connectivity index (χ0v) is 21.9. The average Bonchev–Trinajstić information content (AvgIpc) is 3.64. The van der Waals surface area contributed by atoms with Gasteiger partial charge in [-0.1, -0.05) is 49.2 Å². The fourth-order valence-electron chi connectivity index (χ4n) is 4.84. The maximum absolute atomic E-state index is 14.0. The van der Waals surface area contributed by atoms with Crippen LogP contribution in [-0.2, 0) is 18.4 Å². The van der Waals surface area contributed by atoms with Crippen LogP contribution in [0.3, 0.4) is 0 Å². The smallest absolute Gasteiger partial charge is 0.295 e. The van der Waals surface area contributed by atoms with Crippen molar-refractivity contribution in [2.75, 3.05) is 0 Å². The molecule has 3 aromatic heterocycles. The van der Waals surface area contributed by atoms with Gasteiger partial charge in [-0.3, -0.25) is 14.1 Å². The predicted octanol–water partition coefficient (Wildman–Crippen LogP) is 4.52. The molecule has 0 saturated heterocycles. The highest BCUT2D eigenvalue weighted by Crippen LogP contribution is 2.35. The van der Waals surface area contributed by atoms with Gasteiger partial charge in [0, 0.05) is 47.9 Å². The number of aromatic amines is 1. The summed E-state index contributed by atoms with van der Waals surface area (Å²) in [6.45, 7) is 6.64. The van der Waals surface area contributed by atoms with Gasteiger partial charge in [0.05, 0.1) is 6.20 Å². The largest absolute Gasteiger partial charge is 0.334 e. The van der Waals surface area contributed by atoms with Gasteiger partial charge in [-0.2, -0.15) is 5.10 Å². The number of unbranched alkanes of at least 4 members (excludes halogenated alkanes) is 1. The number of nitrogens with one attached hydrogen (secondary N) is 1. The second-order valence-corrected chi connectivity index (χ2v) is 10.1. The molecule has 0 spiro atoms. The maximum atomic E-state index is 14.0. The molecule has 1 unspecified atom stereocenters. The van der Waals surface area contributed by atoms with Gasteiger partial charge in [-0.25, -0.2) is 14.6 Å². The fraction of sp³-hybridized carbons (Fsp3) is 0.385. The number of aryl methyl sites for hydroxylation is 1. The number of hydrogen-bond donors (Lipinski definition) is 1. The number of nitrogens with zero attached hydrogens (tertiary/aromatic N) is 8. The van der Waals surface area contributed by atoms with E-state index in [9.17, 15) is 4.79 Å². The minimum atomic E-state index is -0.482. The number of benzene rings is 1. The highest BCUT2D eigenvalue weighted by atomic mass is 35.5. The molecule has 192 valence electrons. The van der Waals surface area contributed by atoms with E-state index in [0.717, 1.165) is 36.1 Å². The molecule has 0 saturated carbocycles. The molecule has 37 heavy (non-hydrogen) atoms. The maximum Gasteiger partial charge on any atom is 0.334 e. The van der Waals surface area contributed by atoms with E-state index < -0.39 is 5.41 Å². The number of tetrazole rings is 1. The molecule has 0 bridgehead atoms. The third-order valence-corrected chi connectivity index (χ3v) is 7.10. The molecule has 0 radical (unpaired) electrons. The summed E-state index contributed by atoms with van der Waals surface area (Å²) in [5.41, 5.74) is 2.27. The van der Waals surface area contributed by atoms with Crippen molar-refractivity contribution in [2.45, 2.75) is 64.5 Å². The topological polar surface area (TPSA) is 112 Å². The summed E-state index contributed by atoms with van der Waals surface area (Å²) in [4.78, 5) is 18.3. The van der Waals surface area contributed by atoms with Gasteiger partial charge in [-0.15, -0.1) is 5.10 Å². The van der Waals surface area contributed by atoms with Crippen LogP contribution in [0.25, 0.3) is 17.2 Å². The predicted molar refractivity (Wildman–Crippen MR) is 143 cm³/mol. The normalized spacial score (nSPS) is 17.2.